The van der Waals surface area contributed by atoms with Crippen molar-refractivity contribution in [2.24, 2.45) is 4.99 Å². The average Bonchev–Trinajstić information content (AvgIpc) is 3.01. The molecule has 1 aliphatic rings. The van der Waals surface area contributed by atoms with Crippen LogP contribution < -0.4 is 5.32 Å². The Morgan fingerprint density at radius 3 is 2.70 bits per heavy atom. The molecule has 30 heavy (non-hydrogen) atoms. The Morgan fingerprint density at radius 1 is 1.20 bits per heavy atom. The Morgan fingerprint density at radius 2 is 1.97 bits per heavy atom. The molecule has 1 fully saturated rings. The fourth-order valence-corrected chi connectivity index (χ4v) is 4.41. The standard InChI is InChI=1S/C21H21Cl2N3O3S/c1-29-12-6-11-26-20(28)17(30-21(26)24-14-7-3-2-4-8-14)13-18(27)25-16-10-5-9-15(22)19(16)23/h2-5,7-10,17H,6,11-13H2,1H3,(H,25,27)/t17-/m1/s1. The fourth-order valence-electron chi connectivity index (χ4n) is 2.88. The molecule has 158 valence electrons. The number of ether oxygens (including phenoxy) is 1. The number of halogens is 2. The molecule has 1 N–H and O–H groups in total. The zero-order valence-corrected chi connectivity index (χ0v) is 18.6. The van der Waals surface area contributed by atoms with E-state index in [4.69, 9.17) is 27.9 Å². The molecule has 2 aromatic carbocycles. The summed E-state index contributed by atoms with van der Waals surface area (Å²) >= 11 is 13.4. The predicted molar refractivity (Wildman–Crippen MR) is 123 cm³/mol. The Kier molecular flexibility index (Phi) is 8.16. The molecule has 1 saturated heterocycles. The summed E-state index contributed by atoms with van der Waals surface area (Å²) in [6.07, 6.45) is 0.675. The SMILES string of the molecule is COCCCN1C(=O)[C@@H](CC(=O)Nc2cccc(Cl)c2Cl)SC1=Nc1ccccc1. The molecule has 9 heteroatoms. The number of nitrogens with zero attached hydrogens (tertiary/aromatic N) is 2. The number of para-hydroxylation sites is 1. The van der Waals surface area contributed by atoms with Crippen LogP contribution in [0.2, 0.25) is 10.0 Å². The van der Waals surface area contributed by atoms with Gasteiger partial charge in [-0.05, 0) is 30.7 Å². The number of thioether (sulfide) groups is 1. The minimum atomic E-state index is -0.562. The van der Waals surface area contributed by atoms with Gasteiger partial charge >= 0.3 is 0 Å². The predicted octanol–water partition coefficient (Wildman–Crippen LogP) is 4.99. The van der Waals surface area contributed by atoms with Gasteiger partial charge in [0.25, 0.3) is 0 Å². The molecular weight excluding hydrogens is 445 g/mol. The van der Waals surface area contributed by atoms with Crippen molar-refractivity contribution in [1.29, 1.82) is 0 Å². The molecule has 1 atom stereocenters. The van der Waals surface area contributed by atoms with Crippen LogP contribution >= 0.6 is 35.0 Å². The molecule has 0 radical (unpaired) electrons. The van der Waals surface area contributed by atoms with E-state index in [9.17, 15) is 9.59 Å². The first-order valence-corrected chi connectivity index (χ1v) is 11.0. The minimum absolute atomic E-state index is 0.000922. The van der Waals surface area contributed by atoms with E-state index in [2.05, 4.69) is 10.3 Å². The maximum atomic E-state index is 13.0. The summed E-state index contributed by atoms with van der Waals surface area (Å²) in [6, 6.07) is 14.4. The Balaban J connectivity index is 1.73. The van der Waals surface area contributed by atoms with Crippen molar-refractivity contribution in [3.63, 3.8) is 0 Å². The normalized spacial score (nSPS) is 17.6. The minimum Gasteiger partial charge on any atom is -0.385 e. The van der Waals surface area contributed by atoms with Gasteiger partial charge < -0.3 is 10.1 Å². The molecule has 3 rings (SSSR count). The molecule has 0 aliphatic carbocycles. The first-order valence-electron chi connectivity index (χ1n) is 9.34. The molecular formula is C21H21Cl2N3O3S. The van der Waals surface area contributed by atoms with Gasteiger partial charge in [0.1, 0.15) is 5.25 Å². The number of amides is 2. The molecule has 1 heterocycles. The van der Waals surface area contributed by atoms with Crippen molar-refractivity contribution in [3.05, 3.63) is 58.6 Å². The second kappa shape index (κ2) is 10.8. The molecule has 0 aromatic heterocycles. The van der Waals surface area contributed by atoms with Gasteiger partial charge in [-0.1, -0.05) is 59.2 Å². The zero-order chi connectivity index (χ0) is 21.5. The first-order chi connectivity index (χ1) is 14.5. The number of carbonyl (C=O) groups is 2. The summed E-state index contributed by atoms with van der Waals surface area (Å²) in [4.78, 5) is 31.8. The Hall–Kier alpha value is -2.06. The first kappa shape index (κ1) is 22.6. The lowest BCUT2D eigenvalue weighted by atomic mass is 10.2. The summed E-state index contributed by atoms with van der Waals surface area (Å²) in [7, 11) is 1.62. The second-order valence-corrected chi connectivity index (χ2v) is 8.48. The summed E-state index contributed by atoms with van der Waals surface area (Å²) in [5.74, 6) is -0.457. The number of nitrogens with one attached hydrogen (secondary N) is 1. The van der Waals surface area contributed by atoms with Crippen LogP contribution in [-0.4, -0.2) is 47.4 Å². The third-order valence-corrected chi connectivity index (χ3v) is 6.32. The molecule has 0 saturated carbocycles. The molecule has 0 bridgehead atoms. The highest BCUT2D eigenvalue weighted by atomic mass is 35.5. The number of carbonyl (C=O) groups excluding carboxylic acids is 2. The average molecular weight is 466 g/mol. The largest absolute Gasteiger partial charge is 0.385 e. The Bertz CT molecular complexity index is 940. The highest BCUT2D eigenvalue weighted by Crippen LogP contribution is 2.33. The van der Waals surface area contributed by atoms with Gasteiger partial charge in [-0.25, -0.2) is 4.99 Å². The van der Waals surface area contributed by atoms with Crippen LogP contribution in [-0.2, 0) is 14.3 Å². The van der Waals surface area contributed by atoms with Crippen molar-refractivity contribution in [1.82, 2.24) is 4.90 Å². The fraction of sp³-hybridized carbons (Fsp3) is 0.286. The van der Waals surface area contributed by atoms with E-state index in [-0.39, 0.29) is 23.3 Å². The van der Waals surface area contributed by atoms with E-state index >= 15 is 0 Å². The van der Waals surface area contributed by atoms with Crippen LogP contribution in [0.15, 0.2) is 53.5 Å². The maximum Gasteiger partial charge on any atom is 0.242 e. The molecule has 2 amide bonds. The zero-order valence-electron chi connectivity index (χ0n) is 16.3. The smallest absolute Gasteiger partial charge is 0.242 e. The monoisotopic (exact) mass is 465 g/mol. The quantitative estimate of drug-likeness (QED) is 0.557. The molecule has 0 spiro atoms. The van der Waals surface area contributed by atoms with Crippen molar-refractivity contribution in [2.45, 2.75) is 18.1 Å². The van der Waals surface area contributed by atoms with Crippen LogP contribution in [0.25, 0.3) is 0 Å². The second-order valence-electron chi connectivity index (χ2n) is 6.53. The van der Waals surface area contributed by atoms with Crippen molar-refractivity contribution >= 4 is 63.3 Å². The van der Waals surface area contributed by atoms with E-state index in [1.165, 1.54) is 11.8 Å². The Labute approximate surface area is 189 Å². The molecule has 1 aliphatic heterocycles. The van der Waals surface area contributed by atoms with E-state index in [0.29, 0.717) is 35.5 Å². The topological polar surface area (TPSA) is 71.0 Å². The maximum absolute atomic E-state index is 13.0. The lowest BCUT2D eigenvalue weighted by Crippen LogP contribution is -2.34. The van der Waals surface area contributed by atoms with Crippen LogP contribution in [0, 0.1) is 0 Å². The van der Waals surface area contributed by atoms with Crippen LogP contribution in [0.5, 0.6) is 0 Å². The number of amidine groups is 1. The highest BCUT2D eigenvalue weighted by molar-refractivity contribution is 8.15. The van der Waals surface area contributed by atoms with Crippen molar-refractivity contribution < 1.29 is 14.3 Å². The molecule has 6 nitrogen and oxygen atoms in total. The van der Waals surface area contributed by atoms with Crippen molar-refractivity contribution in [2.75, 3.05) is 25.6 Å². The summed E-state index contributed by atoms with van der Waals surface area (Å²) < 4.78 is 5.10. The number of aliphatic imine (C=N–C) groups is 1. The third-order valence-electron chi connectivity index (χ3n) is 4.33. The van der Waals surface area contributed by atoms with Gasteiger partial charge in [0.2, 0.25) is 11.8 Å². The van der Waals surface area contributed by atoms with Crippen LogP contribution in [0.3, 0.4) is 0 Å². The number of benzene rings is 2. The van der Waals surface area contributed by atoms with E-state index in [1.807, 2.05) is 30.3 Å². The summed E-state index contributed by atoms with van der Waals surface area (Å²) in [5, 5.41) is 3.37. The number of hydrogen-bond donors (Lipinski definition) is 1. The van der Waals surface area contributed by atoms with Gasteiger partial charge in [0.15, 0.2) is 5.17 Å². The van der Waals surface area contributed by atoms with Crippen LogP contribution in [0.1, 0.15) is 12.8 Å². The van der Waals surface area contributed by atoms with Gasteiger partial charge in [0, 0.05) is 26.7 Å². The van der Waals surface area contributed by atoms with Gasteiger partial charge in [-0.3, -0.25) is 14.5 Å². The molecule has 2 aromatic rings. The number of hydrogen-bond acceptors (Lipinski definition) is 5. The summed E-state index contributed by atoms with van der Waals surface area (Å²) in [6.45, 7) is 1.01. The highest BCUT2D eigenvalue weighted by Gasteiger charge is 2.39. The third kappa shape index (κ3) is 5.76. The lowest BCUT2D eigenvalue weighted by Gasteiger charge is -2.16. The summed E-state index contributed by atoms with van der Waals surface area (Å²) in [5.41, 5.74) is 1.17. The van der Waals surface area contributed by atoms with Gasteiger partial charge in [-0.15, -0.1) is 0 Å². The van der Waals surface area contributed by atoms with E-state index < -0.39 is 5.25 Å². The number of anilines is 1. The van der Waals surface area contributed by atoms with Crippen LogP contribution in [0.4, 0.5) is 11.4 Å². The van der Waals surface area contributed by atoms with E-state index in [0.717, 1.165) is 5.69 Å². The van der Waals surface area contributed by atoms with Gasteiger partial charge in [0.05, 0.1) is 21.4 Å². The van der Waals surface area contributed by atoms with Gasteiger partial charge in [-0.2, -0.15) is 0 Å². The lowest BCUT2D eigenvalue weighted by molar-refractivity contribution is -0.128. The van der Waals surface area contributed by atoms with E-state index in [1.54, 1.807) is 30.2 Å². The number of rotatable bonds is 8. The van der Waals surface area contributed by atoms with Crippen molar-refractivity contribution in [3.8, 4) is 0 Å². The number of methoxy groups -OCH3 is 1. The molecule has 0 unspecified atom stereocenters.